The number of benzene rings is 1. The standard InChI is InChI=1S/C11H15N3O5S/c1-12-20(18,19)9-2-3-10(11(6-9)14(16)17)13-5-4-8(15)7-13/h2-3,6,8,12,15H,4-5,7H2,1H3/t8-/m0/s1. The molecule has 0 amide bonds. The van der Waals surface area contributed by atoms with E-state index >= 15 is 0 Å². The zero-order chi connectivity index (χ0) is 14.9. The third-order valence-electron chi connectivity index (χ3n) is 3.23. The van der Waals surface area contributed by atoms with Gasteiger partial charge >= 0.3 is 0 Å². The number of nitro groups is 1. The Morgan fingerprint density at radius 1 is 1.50 bits per heavy atom. The summed E-state index contributed by atoms with van der Waals surface area (Å²) in [5, 5.41) is 20.6. The molecule has 1 aliphatic heterocycles. The van der Waals surface area contributed by atoms with Gasteiger partial charge in [0, 0.05) is 19.2 Å². The molecule has 20 heavy (non-hydrogen) atoms. The van der Waals surface area contributed by atoms with E-state index in [0.29, 0.717) is 25.2 Å². The van der Waals surface area contributed by atoms with Crippen molar-refractivity contribution in [1.82, 2.24) is 4.72 Å². The molecule has 0 unspecified atom stereocenters. The van der Waals surface area contributed by atoms with Crippen molar-refractivity contribution in [2.24, 2.45) is 0 Å². The van der Waals surface area contributed by atoms with Gasteiger partial charge < -0.3 is 10.0 Å². The van der Waals surface area contributed by atoms with E-state index in [0.717, 1.165) is 6.07 Å². The first-order valence-electron chi connectivity index (χ1n) is 6.00. The van der Waals surface area contributed by atoms with E-state index in [1.165, 1.54) is 19.2 Å². The Balaban J connectivity index is 2.47. The first-order valence-corrected chi connectivity index (χ1v) is 7.48. The Labute approximate surface area is 116 Å². The van der Waals surface area contributed by atoms with E-state index in [9.17, 15) is 23.6 Å². The average Bonchev–Trinajstić information content (AvgIpc) is 2.84. The molecule has 1 fully saturated rings. The van der Waals surface area contributed by atoms with Crippen molar-refractivity contribution in [2.75, 3.05) is 25.0 Å². The molecule has 0 aliphatic carbocycles. The first-order chi connectivity index (χ1) is 9.35. The number of hydrogen-bond donors (Lipinski definition) is 2. The Morgan fingerprint density at radius 2 is 2.20 bits per heavy atom. The molecule has 1 aromatic carbocycles. The van der Waals surface area contributed by atoms with Gasteiger partial charge in [0.25, 0.3) is 5.69 Å². The second-order valence-corrected chi connectivity index (χ2v) is 6.39. The molecule has 1 aromatic rings. The summed E-state index contributed by atoms with van der Waals surface area (Å²) in [5.41, 5.74) is 0.0389. The molecule has 1 atom stereocenters. The van der Waals surface area contributed by atoms with E-state index < -0.39 is 21.1 Å². The molecule has 0 spiro atoms. The largest absolute Gasteiger partial charge is 0.391 e. The number of hydrogen-bond acceptors (Lipinski definition) is 6. The molecule has 2 rings (SSSR count). The summed E-state index contributed by atoms with van der Waals surface area (Å²) < 4.78 is 25.5. The number of sulfonamides is 1. The molecule has 1 saturated heterocycles. The molecule has 1 aliphatic rings. The molecular weight excluding hydrogens is 286 g/mol. The summed E-state index contributed by atoms with van der Waals surface area (Å²) in [6.07, 6.45) is 0.0172. The maximum atomic E-state index is 11.7. The molecule has 1 heterocycles. The topological polar surface area (TPSA) is 113 Å². The van der Waals surface area contributed by atoms with Crippen molar-refractivity contribution in [3.63, 3.8) is 0 Å². The van der Waals surface area contributed by atoms with Crippen molar-refractivity contribution in [3.05, 3.63) is 28.3 Å². The highest BCUT2D eigenvalue weighted by Crippen LogP contribution is 2.32. The predicted octanol–water partition coefficient (Wildman–Crippen LogP) is 0.0739. The van der Waals surface area contributed by atoms with Gasteiger partial charge in [-0.3, -0.25) is 10.1 Å². The third-order valence-corrected chi connectivity index (χ3v) is 4.64. The summed E-state index contributed by atoms with van der Waals surface area (Å²) in [6, 6.07) is 3.76. The van der Waals surface area contributed by atoms with Gasteiger partial charge in [0.05, 0.1) is 15.9 Å². The van der Waals surface area contributed by atoms with E-state index in [1.807, 2.05) is 0 Å². The van der Waals surface area contributed by atoms with Crippen LogP contribution >= 0.6 is 0 Å². The summed E-state index contributed by atoms with van der Waals surface area (Å²) >= 11 is 0. The molecule has 0 saturated carbocycles. The van der Waals surface area contributed by atoms with Crippen LogP contribution in [0.4, 0.5) is 11.4 Å². The molecule has 2 N–H and O–H groups in total. The normalized spacial score (nSPS) is 19.3. The smallest absolute Gasteiger partial charge is 0.293 e. The maximum Gasteiger partial charge on any atom is 0.293 e. The van der Waals surface area contributed by atoms with Crippen molar-refractivity contribution in [1.29, 1.82) is 0 Å². The molecular formula is C11H15N3O5S. The number of nitrogens with one attached hydrogen (secondary N) is 1. The van der Waals surface area contributed by atoms with E-state index in [1.54, 1.807) is 4.90 Å². The fourth-order valence-corrected chi connectivity index (χ4v) is 2.91. The zero-order valence-corrected chi connectivity index (χ0v) is 11.6. The van der Waals surface area contributed by atoms with Crippen LogP contribution in [-0.4, -0.2) is 44.7 Å². The van der Waals surface area contributed by atoms with Gasteiger partial charge in [-0.05, 0) is 25.6 Å². The van der Waals surface area contributed by atoms with Gasteiger partial charge in [-0.15, -0.1) is 0 Å². The number of β-amino-alcohol motifs (C(OH)–C–C–N with tert-alkyl or cyclic N) is 1. The van der Waals surface area contributed by atoms with Crippen molar-refractivity contribution >= 4 is 21.4 Å². The van der Waals surface area contributed by atoms with Crippen LogP contribution in [0, 0.1) is 10.1 Å². The lowest BCUT2D eigenvalue weighted by Crippen LogP contribution is -2.23. The number of anilines is 1. The van der Waals surface area contributed by atoms with Gasteiger partial charge in [0.2, 0.25) is 10.0 Å². The van der Waals surface area contributed by atoms with Crippen LogP contribution in [-0.2, 0) is 10.0 Å². The van der Waals surface area contributed by atoms with E-state index in [4.69, 9.17) is 0 Å². The van der Waals surface area contributed by atoms with Crippen LogP contribution in [0.25, 0.3) is 0 Å². The Morgan fingerprint density at radius 3 is 2.70 bits per heavy atom. The number of nitro benzene ring substituents is 1. The second-order valence-electron chi connectivity index (χ2n) is 4.50. The molecule has 0 radical (unpaired) electrons. The summed E-state index contributed by atoms with van der Waals surface area (Å²) in [4.78, 5) is 12.0. The Hall–Kier alpha value is -1.71. The van der Waals surface area contributed by atoms with Gasteiger partial charge in [-0.1, -0.05) is 0 Å². The number of rotatable bonds is 4. The third kappa shape index (κ3) is 2.74. The minimum Gasteiger partial charge on any atom is -0.391 e. The number of nitrogens with zero attached hydrogens (tertiary/aromatic N) is 2. The lowest BCUT2D eigenvalue weighted by atomic mass is 10.2. The lowest BCUT2D eigenvalue weighted by Gasteiger charge is -2.18. The first kappa shape index (κ1) is 14.7. The van der Waals surface area contributed by atoms with Gasteiger partial charge in [-0.25, -0.2) is 13.1 Å². The minimum absolute atomic E-state index is 0.157. The van der Waals surface area contributed by atoms with Crippen molar-refractivity contribution in [2.45, 2.75) is 17.4 Å². The highest BCUT2D eigenvalue weighted by Gasteiger charge is 2.28. The van der Waals surface area contributed by atoms with Crippen LogP contribution in [0.5, 0.6) is 0 Å². The molecule has 0 bridgehead atoms. The van der Waals surface area contributed by atoms with E-state index in [2.05, 4.69) is 4.72 Å². The molecule has 110 valence electrons. The van der Waals surface area contributed by atoms with Gasteiger partial charge in [-0.2, -0.15) is 0 Å². The van der Waals surface area contributed by atoms with Crippen LogP contribution in [0.3, 0.4) is 0 Å². The summed E-state index contributed by atoms with van der Waals surface area (Å²) in [5.74, 6) is 0. The van der Waals surface area contributed by atoms with Gasteiger partial charge in [0.1, 0.15) is 5.69 Å². The fraction of sp³-hybridized carbons (Fsp3) is 0.455. The highest BCUT2D eigenvalue weighted by atomic mass is 32.2. The zero-order valence-electron chi connectivity index (χ0n) is 10.8. The monoisotopic (exact) mass is 301 g/mol. The molecule has 0 aromatic heterocycles. The number of aliphatic hydroxyl groups is 1. The summed E-state index contributed by atoms with van der Waals surface area (Å²) in [6.45, 7) is 0.805. The van der Waals surface area contributed by atoms with Crippen LogP contribution in [0.15, 0.2) is 23.1 Å². The quantitative estimate of drug-likeness (QED) is 0.601. The van der Waals surface area contributed by atoms with Crippen molar-refractivity contribution in [3.8, 4) is 0 Å². The SMILES string of the molecule is CNS(=O)(=O)c1ccc(N2CC[C@H](O)C2)c([N+](=O)[O-])c1. The van der Waals surface area contributed by atoms with E-state index in [-0.39, 0.29) is 10.6 Å². The Kier molecular flexibility index (Phi) is 3.93. The van der Waals surface area contributed by atoms with Gasteiger partial charge in [0.15, 0.2) is 0 Å². The molecule has 9 heteroatoms. The minimum atomic E-state index is -3.73. The van der Waals surface area contributed by atoms with Crippen LogP contribution < -0.4 is 9.62 Å². The highest BCUT2D eigenvalue weighted by molar-refractivity contribution is 7.89. The second kappa shape index (κ2) is 5.35. The molecule has 8 nitrogen and oxygen atoms in total. The maximum absolute atomic E-state index is 11.7. The summed E-state index contributed by atoms with van der Waals surface area (Å²) in [7, 11) is -2.49. The number of aliphatic hydroxyl groups excluding tert-OH is 1. The predicted molar refractivity (Wildman–Crippen MR) is 72.2 cm³/mol. The van der Waals surface area contributed by atoms with Crippen molar-refractivity contribution < 1.29 is 18.4 Å². The van der Waals surface area contributed by atoms with Crippen LogP contribution in [0.1, 0.15) is 6.42 Å². The average molecular weight is 301 g/mol. The fourth-order valence-electron chi connectivity index (χ4n) is 2.16. The Bertz CT molecular complexity index is 631. The lowest BCUT2D eigenvalue weighted by molar-refractivity contribution is -0.384. The van der Waals surface area contributed by atoms with Crippen LogP contribution in [0.2, 0.25) is 0 Å².